The van der Waals surface area contributed by atoms with E-state index in [1.807, 2.05) is 5.38 Å². The maximum absolute atomic E-state index is 13.0. The third-order valence-corrected chi connectivity index (χ3v) is 4.93. The van der Waals surface area contributed by atoms with Crippen LogP contribution in [0.1, 0.15) is 32.1 Å². The van der Waals surface area contributed by atoms with Gasteiger partial charge in [-0.3, -0.25) is 9.59 Å². The zero-order valence-electron chi connectivity index (χ0n) is 13.8. The molecule has 0 saturated carbocycles. The summed E-state index contributed by atoms with van der Waals surface area (Å²) in [6.45, 7) is 1.18. The van der Waals surface area contributed by atoms with Crippen molar-refractivity contribution in [3.63, 3.8) is 0 Å². The van der Waals surface area contributed by atoms with Gasteiger partial charge in [0.15, 0.2) is 5.13 Å². The summed E-state index contributed by atoms with van der Waals surface area (Å²) in [6, 6.07) is 6.07. The van der Waals surface area contributed by atoms with Crippen molar-refractivity contribution in [2.45, 2.75) is 32.1 Å². The molecule has 2 heterocycles. The number of nitrogens with zero attached hydrogens (tertiary/aromatic N) is 2. The maximum Gasteiger partial charge on any atom is 0.227 e. The van der Waals surface area contributed by atoms with Crippen LogP contribution in [-0.4, -0.2) is 34.8 Å². The van der Waals surface area contributed by atoms with E-state index in [9.17, 15) is 14.0 Å². The number of carbonyl (C=O) groups is 2. The smallest absolute Gasteiger partial charge is 0.227 e. The number of thiazole rings is 1. The number of rotatable bonds is 5. The zero-order chi connectivity index (χ0) is 17.6. The fourth-order valence-electron chi connectivity index (χ4n) is 2.78. The van der Waals surface area contributed by atoms with Crippen molar-refractivity contribution in [1.82, 2.24) is 9.88 Å². The topological polar surface area (TPSA) is 62.3 Å². The van der Waals surface area contributed by atoms with E-state index >= 15 is 0 Å². The van der Waals surface area contributed by atoms with Gasteiger partial charge in [-0.05, 0) is 37.1 Å². The van der Waals surface area contributed by atoms with Crippen LogP contribution in [0.3, 0.4) is 0 Å². The van der Waals surface area contributed by atoms with Crippen LogP contribution in [0.15, 0.2) is 29.6 Å². The first-order valence-electron chi connectivity index (χ1n) is 8.41. The Morgan fingerprint density at radius 1 is 1.24 bits per heavy atom. The molecule has 0 bridgehead atoms. The SMILES string of the molecule is O=C(CCN1CCCCCC1=O)Nc1nc(-c2ccc(F)cc2)cs1. The molecule has 1 aliphatic heterocycles. The molecular weight excluding hydrogens is 341 g/mol. The molecule has 25 heavy (non-hydrogen) atoms. The molecule has 132 valence electrons. The van der Waals surface area contributed by atoms with Crippen molar-refractivity contribution < 1.29 is 14.0 Å². The molecule has 2 amide bonds. The summed E-state index contributed by atoms with van der Waals surface area (Å²) in [4.78, 5) is 30.2. The number of carbonyl (C=O) groups excluding carboxylic acids is 2. The first-order chi connectivity index (χ1) is 12.1. The second kappa shape index (κ2) is 8.20. The van der Waals surface area contributed by atoms with Gasteiger partial charge >= 0.3 is 0 Å². The van der Waals surface area contributed by atoms with Crippen molar-refractivity contribution >= 4 is 28.3 Å². The lowest BCUT2D eigenvalue weighted by Gasteiger charge is -2.19. The second-order valence-corrected chi connectivity index (χ2v) is 6.89. The maximum atomic E-state index is 13.0. The molecule has 0 aliphatic carbocycles. The van der Waals surface area contributed by atoms with Gasteiger partial charge in [0.1, 0.15) is 5.82 Å². The number of nitrogens with one attached hydrogen (secondary N) is 1. The highest BCUT2D eigenvalue weighted by molar-refractivity contribution is 7.14. The van der Waals surface area contributed by atoms with Gasteiger partial charge in [0.25, 0.3) is 0 Å². The highest BCUT2D eigenvalue weighted by Crippen LogP contribution is 2.25. The predicted octanol–water partition coefficient (Wildman–Crippen LogP) is 3.68. The highest BCUT2D eigenvalue weighted by atomic mass is 32.1. The monoisotopic (exact) mass is 361 g/mol. The Morgan fingerprint density at radius 3 is 2.84 bits per heavy atom. The quantitative estimate of drug-likeness (QED) is 0.884. The fraction of sp³-hybridized carbons (Fsp3) is 0.389. The van der Waals surface area contributed by atoms with Crippen molar-refractivity contribution in [1.29, 1.82) is 0 Å². The van der Waals surface area contributed by atoms with Gasteiger partial charge in [-0.25, -0.2) is 9.37 Å². The largest absolute Gasteiger partial charge is 0.342 e. The normalized spacial score (nSPS) is 15.1. The molecule has 0 radical (unpaired) electrons. The van der Waals surface area contributed by atoms with Crippen molar-refractivity contribution in [3.8, 4) is 11.3 Å². The molecule has 1 fully saturated rings. The van der Waals surface area contributed by atoms with Gasteiger partial charge in [0, 0.05) is 36.9 Å². The van der Waals surface area contributed by atoms with Gasteiger partial charge < -0.3 is 10.2 Å². The molecule has 1 N–H and O–H groups in total. The lowest BCUT2D eigenvalue weighted by atomic mass is 10.2. The third-order valence-electron chi connectivity index (χ3n) is 4.17. The summed E-state index contributed by atoms with van der Waals surface area (Å²) in [5.41, 5.74) is 1.50. The van der Waals surface area contributed by atoms with E-state index in [1.54, 1.807) is 17.0 Å². The van der Waals surface area contributed by atoms with Crippen LogP contribution in [0.2, 0.25) is 0 Å². The highest BCUT2D eigenvalue weighted by Gasteiger charge is 2.17. The average molecular weight is 361 g/mol. The number of hydrogen-bond acceptors (Lipinski definition) is 4. The molecule has 1 aromatic heterocycles. The van der Waals surface area contributed by atoms with Crippen molar-refractivity contribution in [2.75, 3.05) is 18.4 Å². The standard InChI is InChI=1S/C18H20FN3O2S/c19-14-7-5-13(6-8-14)15-12-25-18(20-15)21-16(23)9-11-22-10-3-1-2-4-17(22)24/h5-8,12H,1-4,9-11H2,(H,20,21,23). The Kier molecular flexibility index (Phi) is 5.75. The van der Waals surface area contributed by atoms with Gasteiger partial charge in [-0.2, -0.15) is 0 Å². The number of benzene rings is 1. The molecule has 1 aromatic carbocycles. The lowest BCUT2D eigenvalue weighted by Crippen LogP contribution is -2.33. The van der Waals surface area contributed by atoms with Crippen LogP contribution >= 0.6 is 11.3 Å². The first kappa shape index (κ1) is 17.5. The Morgan fingerprint density at radius 2 is 2.04 bits per heavy atom. The molecule has 5 nitrogen and oxygen atoms in total. The van der Waals surface area contributed by atoms with Crippen molar-refractivity contribution in [3.05, 3.63) is 35.5 Å². The molecule has 1 saturated heterocycles. The summed E-state index contributed by atoms with van der Waals surface area (Å²) < 4.78 is 13.0. The van der Waals surface area contributed by atoms with E-state index in [-0.39, 0.29) is 24.1 Å². The zero-order valence-corrected chi connectivity index (χ0v) is 14.7. The number of amides is 2. The number of likely N-dealkylation sites (tertiary alicyclic amines) is 1. The molecular formula is C18H20FN3O2S. The minimum absolute atomic E-state index is 0.137. The summed E-state index contributed by atoms with van der Waals surface area (Å²) in [6.07, 6.45) is 3.85. The summed E-state index contributed by atoms with van der Waals surface area (Å²) in [5, 5.41) is 5.10. The van der Waals surface area contributed by atoms with Crippen LogP contribution in [0.5, 0.6) is 0 Å². The summed E-state index contributed by atoms with van der Waals surface area (Å²) >= 11 is 1.32. The van der Waals surface area contributed by atoms with Gasteiger partial charge in [0.05, 0.1) is 5.69 Å². The molecule has 0 unspecified atom stereocenters. The fourth-order valence-corrected chi connectivity index (χ4v) is 3.51. The minimum Gasteiger partial charge on any atom is -0.342 e. The van der Waals surface area contributed by atoms with Crippen LogP contribution in [0, 0.1) is 5.82 Å². The average Bonchev–Trinajstić information content (AvgIpc) is 2.96. The van der Waals surface area contributed by atoms with Gasteiger partial charge in [0.2, 0.25) is 11.8 Å². The van der Waals surface area contributed by atoms with Crippen LogP contribution < -0.4 is 5.32 Å². The third kappa shape index (κ3) is 4.85. The Bertz CT molecular complexity index is 745. The predicted molar refractivity (Wildman–Crippen MR) is 95.8 cm³/mol. The van der Waals surface area contributed by atoms with E-state index in [4.69, 9.17) is 0 Å². The van der Waals surface area contributed by atoms with Crippen molar-refractivity contribution in [2.24, 2.45) is 0 Å². The summed E-state index contributed by atoms with van der Waals surface area (Å²) in [7, 11) is 0. The molecule has 1 aliphatic rings. The first-order valence-corrected chi connectivity index (χ1v) is 9.29. The van der Waals surface area contributed by atoms with Gasteiger partial charge in [-0.15, -0.1) is 11.3 Å². The Labute approximate surface area is 149 Å². The number of aromatic nitrogens is 1. The van der Waals surface area contributed by atoms with Crippen LogP contribution in [0.4, 0.5) is 9.52 Å². The molecule has 0 spiro atoms. The Hall–Kier alpha value is -2.28. The van der Waals surface area contributed by atoms with E-state index in [0.717, 1.165) is 31.4 Å². The summed E-state index contributed by atoms with van der Waals surface area (Å²) in [5.74, 6) is -0.314. The Balaban J connectivity index is 1.53. The number of anilines is 1. The van der Waals surface area contributed by atoms with Crippen LogP contribution in [0.25, 0.3) is 11.3 Å². The van der Waals surface area contributed by atoms with E-state index in [2.05, 4.69) is 10.3 Å². The van der Waals surface area contributed by atoms with E-state index in [0.29, 0.717) is 23.8 Å². The van der Waals surface area contributed by atoms with E-state index in [1.165, 1.54) is 23.5 Å². The van der Waals surface area contributed by atoms with Crippen LogP contribution in [-0.2, 0) is 9.59 Å². The van der Waals surface area contributed by atoms with E-state index < -0.39 is 0 Å². The molecule has 7 heteroatoms. The number of hydrogen-bond donors (Lipinski definition) is 1. The minimum atomic E-state index is -0.296. The number of halogens is 1. The van der Waals surface area contributed by atoms with Gasteiger partial charge in [-0.1, -0.05) is 6.42 Å². The second-order valence-electron chi connectivity index (χ2n) is 6.03. The molecule has 2 aromatic rings. The lowest BCUT2D eigenvalue weighted by molar-refractivity contribution is -0.131. The molecule has 3 rings (SSSR count). The molecule has 0 atom stereocenters.